The van der Waals surface area contributed by atoms with Gasteiger partial charge in [0.1, 0.15) is 11.8 Å². The van der Waals surface area contributed by atoms with Crippen LogP contribution in [0.15, 0.2) is 48.5 Å². The second-order valence-corrected chi connectivity index (χ2v) is 6.49. The van der Waals surface area contributed by atoms with E-state index in [1.165, 1.54) is 11.8 Å². The summed E-state index contributed by atoms with van der Waals surface area (Å²) in [6.45, 7) is 3.47. The molecule has 2 amide bonds. The second kappa shape index (κ2) is 8.03. The lowest BCUT2D eigenvalue weighted by molar-refractivity contribution is -0.127. The summed E-state index contributed by atoms with van der Waals surface area (Å²) in [6, 6.07) is 14.1. The van der Waals surface area contributed by atoms with E-state index >= 15 is 0 Å². The molecule has 1 N–H and O–H groups in total. The predicted molar refractivity (Wildman–Crippen MR) is 102 cm³/mol. The van der Waals surface area contributed by atoms with Gasteiger partial charge < -0.3 is 10.1 Å². The Bertz CT molecular complexity index is 864. The van der Waals surface area contributed by atoms with E-state index in [4.69, 9.17) is 4.74 Å². The Labute approximate surface area is 158 Å². The first kappa shape index (κ1) is 18.6. The number of Topliss-reactive ketones (excluding diaryl/α,β-unsaturated/α-hetero) is 1. The van der Waals surface area contributed by atoms with Gasteiger partial charge in [0.2, 0.25) is 5.91 Å². The Morgan fingerprint density at radius 3 is 2.63 bits per heavy atom. The van der Waals surface area contributed by atoms with E-state index in [-0.39, 0.29) is 24.2 Å². The lowest BCUT2D eigenvalue weighted by atomic mass is 10.1. The zero-order valence-corrected chi connectivity index (χ0v) is 15.4. The van der Waals surface area contributed by atoms with Crippen molar-refractivity contribution in [3.8, 4) is 5.75 Å². The maximum absolute atomic E-state index is 12.6. The fourth-order valence-electron chi connectivity index (χ4n) is 3.05. The molecule has 0 bridgehead atoms. The van der Waals surface area contributed by atoms with Crippen LogP contribution in [-0.4, -0.2) is 36.8 Å². The van der Waals surface area contributed by atoms with Crippen LogP contribution in [0.3, 0.4) is 0 Å². The Kier molecular flexibility index (Phi) is 5.54. The Morgan fingerprint density at radius 2 is 1.93 bits per heavy atom. The zero-order chi connectivity index (χ0) is 19.4. The Balaban J connectivity index is 1.72. The van der Waals surface area contributed by atoms with E-state index in [9.17, 15) is 14.4 Å². The topological polar surface area (TPSA) is 75.7 Å². The highest BCUT2D eigenvalue weighted by Crippen LogP contribution is 2.34. The number of nitrogens with zero attached hydrogens (tertiary/aromatic N) is 1. The van der Waals surface area contributed by atoms with Gasteiger partial charge in [0.25, 0.3) is 5.91 Å². The molecule has 1 unspecified atom stereocenters. The van der Waals surface area contributed by atoms with Gasteiger partial charge in [-0.2, -0.15) is 0 Å². The van der Waals surface area contributed by atoms with Crippen molar-refractivity contribution in [2.75, 3.05) is 18.1 Å². The van der Waals surface area contributed by atoms with Gasteiger partial charge in [-0.15, -0.1) is 0 Å². The highest BCUT2D eigenvalue weighted by Gasteiger charge is 2.33. The number of hydrogen-bond acceptors (Lipinski definition) is 4. The van der Waals surface area contributed by atoms with Gasteiger partial charge in [0.15, 0.2) is 12.4 Å². The number of anilines is 1. The molecule has 140 valence electrons. The quantitative estimate of drug-likeness (QED) is 0.797. The number of nitrogens with one attached hydrogen (secondary N) is 1. The van der Waals surface area contributed by atoms with E-state index in [0.717, 1.165) is 5.56 Å². The number of rotatable bonds is 6. The minimum Gasteiger partial charge on any atom is -0.482 e. The van der Waals surface area contributed by atoms with Crippen LogP contribution in [0.25, 0.3) is 0 Å². The highest BCUT2D eigenvalue weighted by atomic mass is 16.5. The van der Waals surface area contributed by atoms with E-state index < -0.39 is 6.04 Å². The van der Waals surface area contributed by atoms with Gasteiger partial charge in [-0.25, -0.2) is 0 Å². The largest absolute Gasteiger partial charge is 0.482 e. The number of ketones is 1. The first-order valence-corrected chi connectivity index (χ1v) is 8.89. The highest BCUT2D eigenvalue weighted by molar-refractivity contribution is 6.05. The van der Waals surface area contributed by atoms with Crippen molar-refractivity contribution in [3.05, 3.63) is 59.7 Å². The zero-order valence-electron chi connectivity index (χ0n) is 15.4. The molecule has 2 aromatic carbocycles. The minimum atomic E-state index is -0.710. The number of benzene rings is 2. The summed E-state index contributed by atoms with van der Waals surface area (Å²) < 4.78 is 5.44. The second-order valence-electron chi connectivity index (χ2n) is 6.49. The van der Waals surface area contributed by atoms with Crippen LogP contribution >= 0.6 is 0 Å². The molecule has 6 nitrogen and oxygen atoms in total. The third kappa shape index (κ3) is 4.16. The van der Waals surface area contributed by atoms with Crippen LogP contribution in [-0.2, 0) is 16.0 Å². The van der Waals surface area contributed by atoms with E-state index in [2.05, 4.69) is 5.32 Å². The van der Waals surface area contributed by atoms with Crippen molar-refractivity contribution < 1.29 is 19.1 Å². The van der Waals surface area contributed by atoms with E-state index in [1.54, 1.807) is 25.1 Å². The van der Waals surface area contributed by atoms with Crippen LogP contribution < -0.4 is 15.0 Å². The van der Waals surface area contributed by atoms with Crippen LogP contribution in [0.4, 0.5) is 5.69 Å². The number of ether oxygens (including phenoxy) is 1. The van der Waals surface area contributed by atoms with Crippen molar-refractivity contribution in [2.45, 2.75) is 26.3 Å². The number of amides is 2. The fraction of sp³-hybridized carbons (Fsp3) is 0.286. The Morgan fingerprint density at radius 1 is 1.19 bits per heavy atom. The molecule has 2 aromatic rings. The minimum absolute atomic E-state index is 0.115. The smallest absolute Gasteiger partial charge is 0.265 e. The van der Waals surface area contributed by atoms with E-state index in [1.807, 2.05) is 30.3 Å². The molecule has 0 aliphatic carbocycles. The first-order chi connectivity index (χ1) is 13.0. The summed E-state index contributed by atoms with van der Waals surface area (Å²) in [5.74, 6) is -0.187. The van der Waals surface area contributed by atoms with Gasteiger partial charge in [-0.05, 0) is 44.0 Å². The van der Waals surface area contributed by atoms with Crippen molar-refractivity contribution in [2.24, 2.45) is 0 Å². The molecule has 1 atom stereocenters. The van der Waals surface area contributed by atoms with Gasteiger partial charge in [-0.3, -0.25) is 19.3 Å². The average Bonchev–Trinajstić information content (AvgIpc) is 2.67. The van der Waals surface area contributed by atoms with Crippen molar-refractivity contribution in [1.29, 1.82) is 0 Å². The molecule has 0 fully saturated rings. The van der Waals surface area contributed by atoms with Crippen molar-refractivity contribution in [1.82, 2.24) is 5.32 Å². The SMILES string of the molecule is CC(=O)c1ccc2c(c1)N(C(C)C(=O)NCCc1ccccc1)C(=O)CO2. The third-order valence-electron chi connectivity index (χ3n) is 4.57. The molecule has 0 radical (unpaired) electrons. The van der Waals surface area contributed by atoms with Crippen LogP contribution in [0, 0.1) is 0 Å². The molecule has 3 rings (SSSR count). The molecule has 1 heterocycles. The number of fused-ring (bicyclic) bond motifs is 1. The molecule has 0 aromatic heterocycles. The maximum Gasteiger partial charge on any atom is 0.265 e. The number of hydrogen-bond donors (Lipinski definition) is 1. The summed E-state index contributed by atoms with van der Waals surface area (Å²) in [7, 11) is 0. The molecule has 6 heteroatoms. The van der Waals surface area contributed by atoms with Gasteiger partial charge >= 0.3 is 0 Å². The standard InChI is InChI=1S/C21H22N2O4/c1-14(21(26)22-11-10-16-6-4-3-5-7-16)23-18-12-17(15(2)24)8-9-19(18)27-13-20(23)25/h3-9,12,14H,10-11,13H2,1-2H3,(H,22,26). The van der Waals surface area contributed by atoms with Crippen molar-refractivity contribution >= 4 is 23.3 Å². The predicted octanol–water partition coefficient (Wildman–Crippen LogP) is 2.36. The molecular formula is C21H22N2O4. The van der Waals surface area contributed by atoms with Gasteiger partial charge in [-0.1, -0.05) is 30.3 Å². The average molecular weight is 366 g/mol. The summed E-state index contributed by atoms with van der Waals surface area (Å²) in [5, 5.41) is 2.88. The Hall–Kier alpha value is -3.15. The lowest BCUT2D eigenvalue weighted by Crippen LogP contribution is -2.51. The number of carbonyl (C=O) groups excluding carboxylic acids is 3. The first-order valence-electron chi connectivity index (χ1n) is 8.89. The fourth-order valence-corrected chi connectivity index (χ4v) is 3.05. The van der Waals surface area contributed by atoms with E-state index in [0.29, 0.717) is 30.0 Å². The molecule has 1 aliphatic rings. The van der Waals surface area contributed by atoms with Crippen LogP contribution in [0.2, 0.25) is 0 Å². The molecule has 0 saturated heterocycles. The van der Waals surface area contributed by atoms with Gasteiger partial charge in [0, 0.05) is 12.1 Å². The number of carbonyl (C=O) groups is 3. The summed E-state index contributed by atoms with van der Waals surface area (Å²) >= 11 is 0. The molecular weight excluding hydrogens is 344 g/mol. The summed E-state index contributed by atoms with van der Waals surface area (Å²) in [6.07, 6.45) is 0.710. The molecule has 0 saturated carbocycles. The molecule has 0 spiro atoms. The molecule has 27 heavy (non-hydrogen) atoms. The monoisotopic (exact) mass is 366 g/mol. The molecule has 1 aliphatic heterocycles. The lowest BCUT2D eigenvalue weighted by Gasteiger charge is -2.33. The maximum atomic E-state index is 12.6. The van der Waals surface area contributed by atoms with Crippen LogP contribution in [0.1, 0.15) is 29.8 Å². The summed E-state index contributed by atoms with van der Waals surface area (Å²) in [5.41, 5.74) is 2.04. The summed E-state index contributed by atoms with van der Waals surface area (Å²) in [4.78, 5) is 38.1. The third-order valence-corrected chi connectivity index (χ3v) is 4.57. The normalized spacial score (nSPS) is 14.1. The van der Waals surface area contributed by atoms with Gasteiger partial charge in [0.05, 0.1) is 5.69 Å². The van der Waals surface area contributed by atoms with Crippen molar-refractivity contribution in [3.63, 3.8) is 0 Å². The van der Waals surface area contributed by atoms with Crippen LogP contribution in [0.5, 0.6) is 5.75 Å².